The van der Waals surface area contributed by atoms with E-state index in [0.29, 0.717) is 4.31 Å². The highest BCUT2D eigenvalue weighted by atomic mass is 32.3. The lowest BCUT2D eigenvalue weighted by Crippen LogP contribution is -2.30. The van der Waals surface area contributed by atoms with E-state index < -0.39 is 28.2 Å². The molecule has 0 spiro atoms. The van der Waals surface area contributed by atoms with Gasteiger partial charge in [-0.1, -0.05) is 3.89 Å². The number of piperidine rings is 1. The molecule has 2 fully saturated rings. The van der Waals surface area contributed by atoms with Crippen molar-refractivity contribution in [2.24, 2.45) is 11.8 Å². The van der Waals surface area contributed by atoms with E-state index in [1.54, 1.807) is 0 Å². The van der Waals surface area contributed by atoms with E-state index in [2.05, 4.69) is 0 Å². The molecule has 2 aliphatic rings. The highest BCUT2D eigenvalue weighted by Crippen LogP contribution is 2.59. The van der Waals surface area contributed by atoms with Crippen LogP contribution in [0.25, 0.3) is 0 Å². The number of halogens is 3. The van der Waals surface area contributed by atoms with E-state index in [4.69, 9.17) is 0 Å². The Morgan fingerprint density at radius 1 is 1.25 bits per heavy atom. The highest BCUT2D eigenvalue weighted by Gasteiger charge is 2.72. The summed E-state index contributed by atoms with van der Waals surface area (Å²) in [7, 11) is -4.76. The Hall–Kier alpha value is -0.300. The molecule has 0 aromatic heterocycles. The molecule has 1 aliphatic heterocycles. The average Bonchev–Trinajstić information content (AvgIpc) is 2.31. The van der Waals surface area contributed by atoms with Crippen LogP contribution in [0.5, 0.6) is 0 Å². The van der Waals surface area contributed by atoms with Gasteiger partial charge in [0.05, 0.1) is 0 Å². The minimum Gasteiger partial charge on any atom is -0.206 e. The van der Waals surface area contributed by atoms with Crippen molar-refractivity contribution in [1.29, 1.82) is 0 Å². The van der Waals surface area contributed by atoms with Gasteiger partial charge in [-0.2, -0.15) is 12.7 Å². The molecule has 2 unspecified atom stereocenters. The molecule has 0 bridgehead atoms. The lowest BCUT2D eigenvalue weighted by Gasteiger charge is -2.13. The van der Waals surface area contributed by atoms with Crippen LogP contribution in [0.1, 0.15) is 0 Å². The van der Waals surface area contributed by atoms with E-state index in [-0.39, 0.29) is 13.1 Å². The molecule has 0 amide bonds. The molecule has 1 aliphatic carbocycles. The van der Waals surface area contributed by atoms with Crippen LogP contribution in [0.4, 0.5) is 12.7 Å². The van der Waals surface area contributed by atoms with Crippen LogP contribution in [0.3, 0.4) is 0 Å². The number of hydrogen-bond donors (Lipinski definition) is 0. The van der Waals surface area contributed by atoms with E-state index in [1.807, 2.05) is 0 Å². The van der Waals surface area contributed by atoms with Crippen LogP contribution in [-0.4, -0.2) is 31.7 Å². The molecule has 70 valence electrons. The number of nitrogens with zero attached hydrogens (tertiary/aromatic N) is 1. The van der Waals surface area contributed by atoms with Gasteiger partial charge in [0.15, 0.2) is 0 Å². The number of alkyl halides is 2. The van der Waals surface area contributed by atoms with Crippen LogP contribution in [0.15, 0.2) is 0 Å². The summed E-state index contributed by atoms with van der Waals surface area (Å²) >= 11 is 0. The highest BCUT2D eigenvalue weighted by molar-refractivity contribution is 7.83. The van der Waals surface area contributed by atoms with Crippen molar-refractivity contribution in [2.45, 2.75) is 5.92 Å². The first-order valence-electron chi connectivity index (χ1n) is 3.41. The number of hydrogen-bond acceptors (Lipinski definition) is 2. The van der Waals surface area contributed by atoms with Gasteiger partial charge in [-0.15, -0.1) is 0 Å². The molecule has 1 heterocycles. The molecule has 2 rings (SSSR count). The van der Waals surface area contributed by atoms with Gasteiger partial charge in [-0.25, -0.2) is 8.78 Å². The summed E-state index contributed by atoms with van der Waals surface area (Å²) in [5.41, 5.74) is 0. The molecule has 1 saturated heterocycles. The minimum absolute atomic E-state index is 0.378. The van der Waals surface area contributed by atoms with Crippen molar-refractivity contribution < 1.29 is 21.1 Å². The van der Waals surface area contributed by atoms with Gasteiger partial charge in [-0.05, 0) is 0 Å². The second kappa shape index (κ2) is 1.95. The summed E-state index contributed by atoms with van der Waals surface area (Å²) in [5, 5.41) is 0. The fraction of sp³-hybridized carbons (Fsp3) is 1.00. The Labute approximate surface area is 67.5 Å². The summed E-state index contributed by atoms with van der Waals surface area (Å²) in [4.78, 5) is 0. The Kier molecular flexibility index (Phi) is 1.35. The summed E-state index contributed by atoms with van der Waals surface area (Å²) in [6.07, 6.45) is 0. The minimum atomic E-state index is -4.76. The monoisotopic (exact) mass is 201 g/mol. The van der Waals surface area contributed by atoms with Gasteiger partial charge in [-0.3, -0.25) is 0 Å². The van der Waals surface area contributed by atoms with Crippen molar-refractivity contribution >= 4 is 10.4 Å². The lowest BCUT2D eigenvalue weighted by atomic mass is 10.4. The summed E-state index contributed by atoms with van der Waals surface area (Å²) in [6.45, 7) is -0.757. The maximum absolute atomic E-state index is 12.5. The van der Waals surface area contributed by atoms with Gasteiger partial charge >= 0.3 is 10.4 Å². The molecule has 0 N–H and O–H groups in total. The molecule has 0 aromatic rings. The third-order valence-electron chi connectivity index (χ3n) is 2.47. The van der Waals surface area contributed by atoms with Crippen LogP contribution in [0, 0.1) is 11.8 Å². The van der Waals surface area contributed by atoms with Gasteiger partial charge in [0.2, 0.25) is 0 Å². The standard InChI is InChI=1S/C5H6F3NO2S/c6-5(7)3-1-9(2-4(3)5)12(8,10)11/h3-4H,1-2H2. The van der Waals surface area contributed by atoms with Crippen LogP contribution in [0.2, 0.25) is 0 Å². The van der Waals surface area contributed by atoms with Gasteiger partial charge in [0.1, 0.15) is 0 Å². The van der Waals surface area contributed by atoms with Crippen LogP contribution in [-0.2, 0) is 10.4 Å². The summed E-state index contributed by atoms with van der Waals surface area (Å²) in [5.74, 6) is -4.67. The Morgan fingerprint density at radius 2 is 1.67 bits per heavy atom. The Balaban J connectivity index is 2.08. The number of fused-ring (bicyclic) bond motifs is 1. The third-order valence-corrected chi connectivity index (χ3v) is 3.39. The topological polar surface area (TPSA) is 37.4 Å². The molecule has 1 saturated carbocycles. The molecule has 2 atom stereocenters. The molecule has 7 heteroatoms. The quantitative estimate of drug-likeness (QED) is 0.576. The predicted octanol–water partition coefficient (Wildman–Crippen LogP) is 0.398. The Morgan fingerprint density at radius 3 is 2.00 bits per heavy atom. The maximum atomic E-state index is 12.5. The molecular weight excluding hydrogens is 195 g/mol. The Bertz CT molecular complexity index is 301. The fourth-order valence-corrected chi connectivity index (χ4v) is 2.33. The van der Waals surface area contributed by atoms with E-state index in [0.717, 1.165) is 0 Å². The summed E-state index contributed by atoms with van der Waals surface area (Å²) < 4.78 is 58.0. The summed E-state index contributed by atoms with van der Waals surface area (Å²) in [6, 6.07) is 0. The second-order valence-corrected chi connectivity index (χ2v) is 4.49. The van der Waals surface area contributed by atoms with Gasteiger partial charge in [0.25, 0.3) is 5.92 Å². The smallest absolute Gasteiger partial charge is 0.206 e. The zero-order chi connectivity index (χ0) is 9.15. The molecule has 0 aromatic carbocycles. The predicted molar refractivity (Wildman–Crippen MR) is 33.5 cm³/mol. The van der Waals surface area contributed by atoms with Crippen molar-refractivity contribution in [3.8, 4) is 0 Å². The van der Waals surface area contributed by atoms with E-state index in [9.17, 15) is 21.1 Å². The average molecular weight is 201 g/mol. The van der Waals surface area contributed by atoms with Crippen molar-refractivity contribution in [2.75, 3.05) is 13.1 Å². The first-order valence-corrected chi connectivity index (χ1v) is 4.75. The maximum Gasteiger partial charge on any atom is 0.374 e. The zero-order valence-electron chi connectivity index (χ0n) is 5.87. The second-order valence-electron chi connectivity index (χ2n) is 3.15. The SMILES string of the molecule is O=S(=O)(F)N1CC2C(C1)C2(F)F. The van der Waals surface area contributed by atoms with Gasteiger partial charge < -0.3 is 0 Å². The molecule has 0 radical (unpaired) electrons. The first kappa shape index (κ1) is 8.31. The van der Waals surface area contributed by atoms with Crippen molar-refractivity contribution in [1.82, 2.24) is 4.31 Å². The molecule has 3 nitrogen and oxygen atoms in total. The van der Waals surface area contributed by atoms with Crippen molar-refractivity contribution in [3.63, 3.8) is 0 Å². The fourth-order valence-electron chi connectivity index (χ4n) is 1.65. The number of rotatable bonds is 1. The largest absolute Gasteiger partial charge is 0.374 e. The lowest BCUT2D eigenvalue weighted by molar-refractivity contribution is 0.0656. The van der Waals surface area contributed by atoms with Gasteiger partial charge in [0, 0.05) is 24.9 Å². The van der Waals surface area contributed by atoms with E-state index >= 15 is 0 Å². The third kappa shape index (κ3) is 0.957. The zero-order valence-corrected chi connectivity index (χ0v) is 6.69. The first-order chi connectivity index (χ1) is 5.33. The molecular formula is C5H6F3NO2S. The van der Waals surface area contributed by atoms with E-state index in [1.165, 1.54) is 0 Å². The van der Waals surface area contributed by atoms with Crippen molar-refractivity contribution in [3.05, 3.63) is 0 Å². The van der Waals surface area contributed by atoms with Crippen LogP contribution >= 0.6 is 0 Å². The van der Waals surface area contributed by atoms with Crippen LogP contribution < -0.4 is 0 Å². The normalized spacial score (nSPS) is 39.6. The molecule has 12 heavy (non-hydrogen) atoms.